The van der Waals surface area contributed by atoms with Crippen LogP contribution >= 0.6 is 23.1 Å². The molecule has 2 amide bonds. The Morgan fingerprint density at radius 1 is 1.16 bits per heavy atom. The Kier molecular flexibility index (Phi) is 5.67. The molecule has 2 aliphatic carbocycles. The molecule has 0 atom stereocenters. The number of thiophene rings is 1. The second-order valence-corrected chi connectivity index (χ2v) is 10.1. The molecule has 1 aromatic carbocycles. The minimum absolute atomic E-state index is 0.135. The first kappa shape index (κ1) is 20.5. The molecule has 0 aliphatic heterocycles. The van der Waals surface area contributed by atoms with Gasteiger partial charge in [0.05, 0.1) is 17.0 Å². The van der Waals surface area contributed by atoms with Crippen molar-refractivity contribution in [2.45, 2.75) is 56.5 Å². The van der Waals surface area contributed by atoms with Gasteiger partial charge >= 0.3 is 0 Å². The maximum absolute atomic E-state index is 12.7. The standard InChI is InChI=1S/C23H24N4O2S2/c1-13-24-22(20-16-7-3-5-9-18(16)31-23(20)25-13)30-12-19(28)27-17-8-4-2-6-15(17)21(29)26-14-10-11-14/h2,4,6,8,14H,3,5,7,9-12H2,1H3,(H,26,29)(H,27,28). The fourth-order valence-corrected chi connectivity index (χ4v) is 6.20. The molecule has 3 aromatic rings. The number of anilines is 1. The van der Waals surface area contributed by atoms with Crippen LogP contribution < -0.4 is 10.6 Å². The fourth-order valence-electron chi connectivity index (χ4n) is 3.93. The Balaban J connectivity index is 1.32. The first-order chi connectivity index (χ1) is 15.1. The number of benzene rings is 1. The summed E-state index contributed by atoms with van der Waals surface area (Å²) in [5.74, 6) is 0.680. The third-order valence-electron chi connectivity index (χ3n) is 5.59. The normalized spacial score (nSPS) is 15.5. The van der Waals surface area contributed by atoms with Crippen LogP contribution in [0.25, 0.3) is 10.2 Å². The summed E-state index contributed by atoms with van der Waals surface area (Å²) in [6.45, 7) is 1.90. The quantitative estimate of drug-likeness (QED) is 0.425. The molecule has 31 heavy (non-hydrogen) atoms. The van der Waals surface area contributed by atoms with Gasteiger partial charge in [-0.1, -0.05) is 23.9 Å². The van der Waals surface area contributed by atoms with Gasteiger partial charge in [0.25, 0.3) is 5.91 Å². The average Bonchev–Trinajstić information content (AvgIpc) is 3.49. The van der Waals surface area contributed by atoms with Gasteiger partial charge in [-0.2, -0.15) is 0 Å². The zero-order valence-electron chi connectivity index (χ0n) is 17.4. The van der Waals surface area contributed by atoms with Crippen LogP contribution in [0.4, 0.5) is 5.69 Å². The number of amides is 2. The van der Waals surface area contributed by atoms with Crippen LogP contribution in [0.5, 0.6) is 0 Å². The highest BCUT2D eigenvalue weighted by Crippen LogP contribution is 2.39. The molecule has 6 nitrogen and oxygen atoms in total. The second kappa shape index (κ2) is 8.59. The second-order valence-electron chi connectivity index (χ2n) is 8.10. The van der Waals surface area contributed by atoms with Gasteiger partial charge in [0.1, 0.15) is 15.7 Å². The number of aromatic nitrogens is 2. The fraction of sp³-hybridized carbons (Fsp3) is 0.391. The lowest BCUT2D eigenvalue weighted by atomic mass is 9.97. The van der Waals surface area contributed by atoms with Gasteiger partial charge in [-0.25, -0.2) is 9.97 Å². The van der Waals surface area contributed by atoms with Crippen LogP contribution in [0.1, 0.15) is 52.3 Å². The number of carbonyl (C=O) groups is 2. The van der Waals surface area contributed by atoms with Crippen molar-refractivity contribution in [1.82, 2.24) is 15.3 Å². The summed E-state index contributed by atoms with van der Waals surface area (Å²) in [7, 11) is 0. The summed E-state index contributed by atoms with van der Waals surface area (Å²) in [5.41, 5.74) is 2.42. The number of nitrogens with one attached hydrogen (secondary N) is 2. The third-order valence-corrected chi connectivity index (χ3v) is 7.75. The summed E-state index contributed by atoms with van der Waals surface area (Å²) in [5, 5.41) is 7.91. The molecule has 8 heteroatoms. The van der Waals surface area contributed by atoms with E-state index in [1.54, 1.807) is 23.5 Å². The van der Waals surface area contributed by atoms with Gasteiger partial charge in [-0.05, 0) is 63.1 Å². The Bertz CT molecular complexity index is 1170. The van der Waals surface area contributed by atoms with Crippen molar-refractivity contribution < 1.29 is 9.59 Å². The summed E-state index contributed by atoms with van der Waals surface area (Å²) in [4.78, 5) is 37.0. The van der Waals surface area contributed by atoms with Crippen molar-refractivity contribution in [2.75, 3.05) is 11.1 Å². The van der Waals surface area contributed by atoms with Crippen LogP contribution in [0.15, 0.2) is 29.3 Å². The average molecular weight is 453 g/mol. The summed E-state index contributed by atoms with van der Waals surface area (Å²) < 4.78 is 0. The summed E-state index contributed by atoms with van der Waals surface area (Å²) >= 11 is 3.22. The van der Waals surface area contributed by atoms with E-state index in [9.17, 15) is 9.59 Å². The van der Waals surface area contributed by atoms with Crippen molar-refractivity contribution in [3.05, 3.63) is 46.1 Å². The zero-order chi connectivity index (χ0) is 21.4. The summed E-state index contributed by atoms with van der Waals surface area (Å²) in [6, 6.07) is 7.42. The van der Waals surface area contributed by atoms with E-state index in [4.69, 9.17) is 0 Å². The number of aryl methyl sites for hydroxylation is 3. The third kappa shape index (κ3) is 4.45. The number of carbonyl (C=O) groups excluding carboxylic acids is 2. The molecule has 0 spiro atoms. The molecule has 0 radical (unpaired) electrons. The van der Waals surface area contributed by atoms with Gasteiger partial charge in [0.2, 0.25) is 5.91 Å². The van der Waals surface area contributed by atoms with E-state index < -0.39 is 0 Å². The highest BCUT2D eigenvalue weighted by Gasteiger charge is 2.25. The Morgan fingerprint density at radius 2 is 1.97 bits per heavy atom. The number of thioether (sulfide) groups is 1. The van der Waals surface area contributed by atoms with Gasteiger partial charge < -0.3 is 10.6 Å². The van der Waals surface area contributed by atoms with Crippen LogP contribution in [0.3, 0.4) is 0 Å². The Hall–Kier alpha value is -2.45. The number of hydrogen-bond donors (Lipinski definition) is 2. The molecule has 160 valence electrons. The van der Waals surface area contributed by atoms with E-state index in [0.717, 1.165) is 46.8 Å². The van der Waals surface area contributed by atoms with Crippen LogP contribution in [0, 0.1) is 6.92 Å². The van der Waals surface area contributed by atoms with Crippen molar-refractivity contribution >= 4 is 50.8 Å². The topological polar surface area (TPSA) is 84.0 Å². The summed E-state index contributed by atoms with van der Waals surface area (Å²) in [6.07, 6.45) is 6.64. The van der Waals surface area contributed by atoms with Crippen molar-refractivity contribution in [1.29, 1.82) is 0 Å². The lowest BCUT2D eigenvalue weighted by molar-refractivity contribution is -0.113. The molecule has 2 aromatic heterocycles. The molecular weight excluding hydrogens is 428 g/mol. The Morgan fingerprint density at radius 3 is 2.81 bits per heavy atom. The van der Waals surface area contributed by atoms with Crippen molar-refractivity contribution in [2.24, 2.45) is 0 Å². The van der Waals surface area contributed by atoms with E-state index in [-0.39, 0.29) is 23.6 Å². The lowest BCUT2D eigenvalue weighted by Crippen LogP contribution is -2.27. The molecule has 1 saturated carbocycles. The van der Waals surface area contributed by atoms with E-state index in [1.165, 1.54) is 35.0 Å². The minimum Gasteiger partial charge on any atom is -0.349 e. The number of nitrogens with zero attached hydrogens (tertiary/aromatic N) is 2. The molecular formula is C23H24N4O2S2. The maximum Gasteiger partial charge on any atom is 0.253 e. The highest BCUT2D eigenvalue weighted by molar-refractivity contribution is 8.00. The molecule has 1 fully saturated rings. The van der Waals surface area contributed by atoms with E-state index in [0.29, 0.717) is 11.3 Å². The number of fused-ring (bicyclic) bond motifs is 3. The zero-order valence-corrected chi connectivity index (χ0v) is 19.0. The number of para-hydroxylation sites is 1. The molecule has 2 aliphatic rings. The van der Waals surface area contributed by atoms with Crippen LogP contribution in [-0.4, -0.2) is 33.6 Å². The predicted molar refractivity (Wildman–Crippen MR) is 125 cm³/mol. The molecule has 5 rings (SSSR count). The smallest absolute Gasteiger partial charge is 0.253 e. The van der Waals surface area contributed by atoms with Gasteiger partial charge in [-0.3, -0.25) is 9.59 Å². The number of rotatable bonds is 6. The predicted octanol–water partition coefficient (Wildman–Crippen LogP) is 4.50. The molecule has 0 unspecified atom stereocenters. The van der Waals surface area contributed by atoms with Crippen LogP contribution in [-0.2, 0) is 17.6 Å². The van der Waals surface area contributed by atoms with Crippen molar-refractivity contribution in [3.8, 4) is 0 Å². The lowest BCUT2D eigenvalue weighted by Gasteiger charge is -2.12. The van der Waals surface area contributed by atoms with Gasteiger partial charge in [0, 0.05) is 16.3 Å². The first-order valence-electron chi connectivity index (χ1n) is 10.7. The van der Waals surface area contributed by atoms with Crippen LogP contribution in [0.2, 0.25) is 0 Å². The first-order valence-corrected chi connectivity index (χ1v) is 12.5. The van der Waals surface area contributed by atoms with E-state index >= 15 is 0 Å². The molecule has 2 heterocycles. The molecule has 2 N–H and O–H groups in total. The largest absolute Gasteiger partial charge is 0.349 e. The highest BCUT2D eigenvalue weighted by atomic mass is 32.2. The van der Waals surface area contributed by atoms with Gasteiger partial charge in [0.15, 0.2) is 0 Å². The SMILES string of the molecule is Cc1nc(SCC(=O)Nc2ccccc2C(=O)NC2CC2)c2c3c(sc2n1)CCCC3. The Labute approximate surface area is 189 Å². The number of hydrogen-bond acceptors (Lipinski definition) is 6. The molecule has 0 saturated heterocycles. The minimum atomic E-state index is -0.148. The maximum atomic E-state index is 12.7. The van der Waals surface area contributed by atoms with Gasteiger partial charge in [-0.15, -0.1) is 11.3 Å². The van der Waals surface area contributed by atoms with E-state index in [2.05, 4.69) is 20.6 Å². The van der Waals surface area contributed by atoms with Crippen molar-refractivity contribution in [3.63, 3.8) is 0 Å². The monoisotopic (exact) mass is 452 g/mol. The van der Waals surface area contributed by atoms with E-state index in [1.807, 2.05) is 19.1 Å². The molecule has 0 bridgehead atoms.